The van der Waals surface area contributed by atoms with Gasteiger partial charge in [-0.2, -0.15) is 10.1 Å². The highest BCUT2D eigenvalue weighted by Gasteiger charge is 2.34. The van der Waals surface area contributed by atoms with Crippen molar-refractivity contribution in [3.63, 3.8) is 0 Å². The molecule has 4 rings (SSSR count). The molecule has 4 N–H and O–H groups in total. The van der Waals surface area contributed by atoms with Crippen LogP contribution in [0.4, 0.5) is 22.0 Å². The monoisotopic (exact) mass is 375 g/mol. The average molecular weight is 375 g/mol. The number of aromatic amines is 1. The number of nitrogens with zero attached hydrogens (tertiary/aromatic N) is 4. The lowest BCUT2D eigenvalue weighted by atomic mass is 9.83. The summed E-state index contributed by atoms with van der Waals surface area (Å²) in [6.07, 6.45) is 5.70. The van der Waals surface area contributed by atoms with Crippen molar-refractivity contribution in [2.45, 2.75) is 63.8 Å². The zero-order valence-corrected chi connectivity index (χ0v) is 15.7. The molecule has 2 fully saturated rings. The van der Waals surface area contributed by atoms with E-state index in [1.165, 1.54) is 19.3 Å². The zero-order chi connectivity index (χ0) is 19.0. The Morgan fingerprint density at radius 3 is 2.67 bits per heavy atom. The van der Waals surface area contributed by atoms with Gasteiger partial charge >= 0.3 is 0 Å². The predicted molar refractivity (Wildman–Crippen MR) is 101 cm³/mol. The summed E-state index contributed by atoms with van der Waals surface area (Å²) in [4.78, 5) is 10.7. The van der Waals surface area contributed by atoms with Crippen LogP contribution >= 0.6 is 0 Å². The molecule has 4 heterocycles. The lowest BCUT2D eigenvalue weighted by molar-refractivity contribution is 0.218. The summed E-state index contributed by atoms with van der Waals surface area (Å²) < 4.78 is 14.6. The first-order valence-corrected chi connectivity index (χ1v) is 9.48. The normalized spacial score (nSPS) is 24.7. The molecule has 2 aliphatic heterocycles. The first-order chi connectivity index (χ1) is 13.0. The second-order valence-corrected chi connectivity index (χ2v) is 7.58. The minimum Gasteiger partial charge on any atom is -0.390 e. The van der Waals surface area contributed by atoms with E-state index in [-0.39, 0.29) is 11.5 Å². The van der Waals surface area contributed by atoms with Crippen LogP contribution in [-0.4, -0.2) is 50.4 Å². The van der Waals surface area contributed by atoms with Crippen molar-refractivity contribution in [2.24, 2.45) is 0 Å². The van der Waals surface area contributed by atoms with Crippen LogP contribution < -0.4 is 15.5 Å². The molecular formula is C18H26FN7O. The van der Waals surface area contributed by atoms with Gasteiger partial charge < -0.3 is 20.6 Å². The Morgan fingerprint density at radius 2 is 2.04 bits per heavy atom. The van der Waals surface area contributed by atoms with Crippen molar-refractivity contribution in [1.29, 1.82) is 0 Å². The summed E-state index contributed by atoms with van der Waals surface area (Å²) >= 11 is 0. The minimum absolute atomic E-state index is 0.0178. The third-order valence-corrected chi connectivity index (χ3v) is 5.56. The van der Waals surface area contributed by atoms with Crippen LogP contribution in [0.3, 0.4) is 0 Å². The summed E-state index contributed by atoms with van der Waals surface area (Å²) in [5, 5.41) is 23.0. The number of H-pyrrole nitrogens is 1. The average Bonchev–Trinajstić information content (AvgIpc) is 3.07. The molecule has 0 spiro atoms. The lowest BCUT2D eigenvalue weighted by Gasteiger charge is -2.43. The van der Waals surface area contributed by atoms with E-state index in [4.69, 9.17) is 0 Å². The lowest BCUT2D eigenvalue weighted by Crippen LogP contribution is -2.54. The molecule has 2 bridgehead atoms. The van der Waals surface area contributed by atoms with Gasteiger partial charge in [-0.25, -0.2) is 9.37 Å². The Bertz CT molecular complexity index is 799. The summed E-state index contributed by atoms with van der Waals surface area (Å²) in [5.74, 6) is 0.258. The highest BCUT2D eigenvalue weighted by molar-refractivity contribution is 5.55. The second-order valence-electron chi connectivity index (χ2n) is 7.58. The number of nitrogens with one attached hydrogen (secondary N) is 3. The van der Waals surface area contributed by atoms with Crippen LogP contribution in [0, 0.1) is 12.7 Å². The largest absolute Gasteiger partial charge is 0.390 e. The molecule has 2 aromatic heterocycles. The molecular weight excluding hydrogens is 349 g/mol. The van der Waals surface area contributed by atoms with Crippen molar-refractivity contribution in [3.8, 4) is 0 Å². The first-order valence-electron chi connectivity index (χ1n) is 9.48. The van der Waals surface area contributed by atoms with Gasteiger partial charge in [0.15, 0.2) is 17.5 Å². The van der Waals surface area contributed by atoms with E-state index in [1.807, 2.05) is 18.9 Å². The standard InChI is InChI=1S/C18H26FN7O/c1-10-6-15(25-24-10)22-17-16(19)14(9-27)21-18(23-17)26(2)13-7-11-4-3-5-12(8-13)20-11/h6,11-13,20,27H,3-5,7-9H2,1-2H3,(H2,21,22,23,24,25)/t11-,12+,13+. The van der Waals surface area contributed by atoms with Gasteiger partial charge in [0.2, 0.25) is 5.95 Å². The zero-order valence-electron chi connectivity index (χ0n) is 15.7. The molecule has 2 aromatic rings. The third kappa shape index (κ3) is 3.74. The SMILES string of the molecule is Cc1cc(Nc2nc(N(C)[C@H]3C[C@H]4CCC[C@@H](C3)N4)nc(CO)c2F)n[nH]1. The minimum atomic E-state index is -0.655. The quantitative estimate of drug-likeness (QED) is 0.634. The molecule has 0 radical (unpaired) electrons. The molecule has 8 nitrogen and oxygen atoms in total. The molecule has 2 aliphatic rings. The summed E-state index contributed by atoms with van der Waals surface area (Å²) in [5.41, 5.74) is 0.837. The van der Waals surface area contributed by atoms with Crippen molar-refractivity contribution < 1.29 is 9.50 Å². The van der Waals surface area contributed by atoms with Gasteiger partial charge in [0.25, 0.3) is 0 Å². The summed E-state index contributed by atoms with van der Waals surface area (Å²) in [7, 11) is 1.95. The van der Waals surface area contributed by atoms with E-state index in [2.05, 4.69) is 30.8 Å². The number of aliphatic hydroxyl groups is 1. The molecule has 3 atom stereocenters. The summed E-state index contributed by atoms with van der Waals surface area (Å²) in [6, 6.07) is 3.09. The highest BCUT2D eigenvalue weighted by atomic mass is 19.1. The maximum atomic E-state index is 14.6. The van der Waals surface area contributed by atoms with Crippen molar-refractivity contribution in [1.82, 2.24) is 25.5 Å². The van der Waals surface area contributed by atoms with E-state index < -0.39 is 12.4 Å². The Balaban J connectivity index is 1.60. The number of aromatic nitrogens is 4. The fraction of sp³-hybridized carbons (Fsp3) is 0.611. The number of aliphatic hydroxyl groups excluding tert-OH is 1. The van der Waals surface area contributed by atoms with Gasteiger partial charge in [0, 0.05) is 36.9 Å². The van der Waals surface area contributed by atoms with Crippen LogP contribution in [0.2, 0.25) is 0 Å². The van der Waals surface area contributed by atoms with Gasteiger partial charge in [0.05, 0.1) is 6.61 Å². The molecule has 2 saturated heterocycles. The van der Waals surface area contributed by atoms with Crippen LogP contribution in [0.1, 0.15) is 43.5 Å². The number of piperidine rings is 2. The Kier molecular flexibility index (Phi) is 4.96. The number of rotatable bonds is 5. The maximum Gasteiger partial charge on any atom is 0.227 e. The van der Waals surface area contributed by atoms with E-state index in [1.54, 1.807) is 6.07 Å². The van der Waals surface area contributed by atoms with Gasteiger partial charge in [-0.15, -0.1) is 0 Å². The van der Waals surface area contributed by atoms with Gasteiger partial charge in [-0.1, -0.05) is 6.42 Å². The van der Waals surface area contributed by atoms with Crippen molar-refractivity contribution >= 4 is 17.6 Å². The van der Waals surface area contributed by atoms with E-state index >= 15 is 0 Å². The molecule has 0 aliphatic carbocycles. The molecule has 9 heteroatoms. The van der Waals surface area contributed by atoms with Gasteiger partial charge in [-0.3, -0.25) is 5.10 Å². The third-order valence-electron chi connectivity index (χ3n) is 5.56. The fourth-order valence-corrected chi connectivity index (χ4v) is 4.14. The van der Waals surface area contributed by atoms with E-state index in [0.29, 0.717) is 29.9 Å². The fourth-order valence-electron chi connectivity index (χ4n) is 4.14. The van der Waals surface area contributed by atoms with Crippen molar-refractivity contribution in [2.75, 3.05) is 17.3 Å². The van der Waals surface area contributed by atoms with E-state index in [0.717, 1.165) is 18.5 Å². The smallest absolute Gasteiger partial charge is 0.227 e. The van der Waals surface area contributed by atoms with Gasteiger partial charge in [-0.05, 0) is 32.6 Å². The van der Waals surface area contributed by atoms with Crippen LogP contribution in [0.5, 0.6) is 0 Å². The topological polar surface area (TPSA) is 102 Å². The van der Waals surface area contributed by atoms with Crippen LogP contribution in [-0.2, 0) is 6.61 Å². The molecule has 0 aromatic carbocycles. The number of anilines is 3. The Labute approximate surface area is 157 Å². The van der Waals surface area contributed by atoms with E-state index in [9.17, 15) is 9.50 Å². The Morgan fingerprint density at radius 1 is 1.30 bits per heavy atom. The Hall–Kier alpha value is -2.26. The van der Waals surface area contributed by atoms with Crippen molar-refractivity contribution in [3.05, 3.63) is 23.3 Å². The number of hydrogen-bond acceptors (Lipinski definition) is 7. The van der Waals surface area contributed by atoms with Gasteiger partial charge in [0.1, 0.15) is 5.69 Å². The number of hydrogen-bond donors (Lipinski definition) is 4. The first kappa shape index (κ1) is 18.1. The number of fused-ring (bicyclic) bond motifs is 2. The van der Waals surface area contributed by atoms with Crippen LogP contribution in [0.15, 0.2) is 6.07 Å². The number of halogens is 1. The number of aryl methyl sites for hydroxylation is 1. The van der Waals surface area contributed by atoms with Crippen LogP contribution in [0.25, 0.3) is 0 Å². The maximum absolute atomic E-state index is 14.6. The molecule has 0 amide bonds. The predicted octanol–water partition coefficient (Wildman–Crippen LogP) is 1.99. The highest BCUT2D eigenvalue weighted by Crippen LogP contribution is 2.30. The molecule has 0 unspecified atom stereocenters. The summed E-state index contributed by atoms with van der Waals surface area (Å²) in [6.45, 7) is 1.38. The molecule has 0 saturated carbocycles. The second kappa shape index (κ2) is 7.40. The molecule has 27 heavy (non-hydrogen) atoms. The molecule has 146 valence electrons.